The Hall–Kier alpha value is -1.86. The molecule has 0 radical (unpaired) electrons. The van der Waals surface area contributed by atoms with E-state index in [1.807, 2.05) is 13.2 Å². The van der Waals surface area contributed by atoms with Crippen LogP contribution in [0.25, 0.3) is 0 Å². The van der Waals surface area contributed by atoms with Crippen LogP contribution in [-0.4, -0.2) is 75.0 Å². The number of anilines is 1. The van der Waals surface area contributed by atoms with E-state index in [4.69, 9.17) is 9.47 Å². The second-order valence-electron chi connectivity index (χ2n) is 7.64. The van der Waals surface area contributed by atoms with Crippen LogP contribution in [0.15, 0.2) is 23.3 Å². The number of rotatable bonds is 5. The number of nitrogens with one attached hydrogen (secondary N) is 1. The highest BCUT2D eigenvalue weighted by molar-refractivity contribution is 5.80. The number of methoxy groups -OCH3 is 1. The van der Waals surface area contributed by atoms with Gasteiger partial charge in [-0.15, -0.1) is 0 Å². The second-order valence-corrected chi connectivity index (χ2v) is 7.64. The summed E-state index contributed by atoms with van der Waals surface area (Å²) in [7, 11) is 3.61. The molecule has 0 amide bonds. The Balaban J connectivity index is 1.52. The van der Waals surface area contributed by atoms with Crippen LogP contribution in [0.1, 0.15) is 25.8 Å². The van der Waals surface area contributed by atoms with Crippen LogP contribution in [0.3, 0.4) is 0 Å². The number of nitrogens with zero attached hydrogens (tertiary/aromatic N) is 4. The van der Waals surface area contributed by atoms with Gasteiger partial charge in [0, 0.05) is 59.0 Å². The van der Waals surface area contributed by atoms with Crippen molar-refractivity contribution in [3.63, 3.8) is 0 Å². The molecule has 1 aromatic rings. The monoisotopic (exact) mass is 375 g/mol. The van der Waals surface area contributed by atoms with Gasteiger partial charge in [-0.2, -0.15) is 0 Å². The summed E-state index contributed by atoms with van der Waals surface area (Å²) in [6.45, 7) is 9.57. The minimum absolute atomic E-state index is 0.239. The van der Waals surface area contributed by atoms with Gasteiger partial charge in [-0.3, -0.25) is 4.99 Å². The Labute approximate surface area is 162 Å². The van der Waals surface area contributed by atoms with E-state index in [2.05, 4.69) is 51.1 Å². The van der Waals surface area contributed by atoms with Gasteiger partial charge in [0.25, 0.3) is 0 Å². The fourth-order valence-corrected chi connectivity index (χ4v) is 3.98. The quantitative estimate of drug-likeness (QED) is 0.625. The van der Waals surface area contributed by atoms with Crippen molar-refractivity contribution in [2.24, 2.45) is 10.9 Å². The smallest absolute Gasteiger partial charge is 0.193 e. The van der Waals surface area contributed by atoms with E-state index in [9.17, 15) is 0 Å². The number of aromatic nitrogens is 1. The fraction of sp³-hybridized carbons (Fsp3) is 0.700. The maximum Gasteiger partial charge on any atom is 0.193 e. The number of morpholine rings is 1. The van der Waals surface area contributed by atoms with Crippen molar-refractivity contribution in [1.82, 2.24) is 15.2 Å². The molecule has 7 heteroatoms. The molecule has 150 valence electrons. The zero-order valence-electron chi connectivity index (χ0n) is 17.0. The van der Waals surface area contributed by atoms with Crippen LogP contribution in [0.2, 0.25) is 0 Å². The number of hydrogen-bond donors (Lipinski definition) is 1. The molecular formula is C20H33N5O2. The van der Waals surface area contributed by atoms with E-state index in [1.54, 1.807) is 7.11 Å². The SMILES string of the molecule is CN=C(NCc1ccc(N2CC(C)OC(C)C2)nc1)N1CCC(COC)C1. The summed E-state index contributed by atoms with van der Waals surface area (Å²) >= 11 is 0. The van der Waals surface area contributed by atoms with Crippen molar-refractivity contribution >= 4 is 11.8 Å². The number of aliphatic imine (C=N–C) groups is 1. The van der Waals surface area contributed by atoms with Gasteiger partial charge < -0.3 is 24.6 Å². The molecule has 1 aromatic heterocycles. The molecule has 2 saturated heterocycles. The Morgan fingerprint density at radius 2 is 2.07 bits per heavy atom. The molecule has 3 unspecified atom stereocenters. The van der Waals surface area contributed by atoms with Crippen molar-refractivity contribution in [3.8, 4) is 0 Å². The van der Waals surface area contributed by atoms with Crippen LogP contribution in [-0.2, 0) is 16.0 Å². The topological polar surface area (TPSA) is 62.2 Å². The lowest BCUT2D eigenvalue weighted by molar-refractivity contribution is -0.00545. The summed E-state index contributed by atoms with van der Waals surface area (Å²) in [5.41, 5.74) is 1.15. The van der Waals surface area contributed by atoms with Gasteiger partial charge >= 0.3 is 0 Å². The molecule has 0 bridgehead atoms. The highest BCUT2D eigenvalue weighted by Crippen LogP contribution is 2.19. The summed E-state index contributed by atoms with van der Waals surface area (Å²) in [5, 5.41) is 3.46. The molecule has 0 saturated carbocycles. The first kappa shape index (κ1) is 19.9. The first-order chi connectivity index (χ1) is 13.1. The number of guanidine groups is 1. The van der Waals surface area contributed by atoms with Crippen LogP contribution in [0.5, 0.6) is 0 Å². The average Bonchev–Trinajstić information content (AvgIpc) is 3.11. The van der Waals surface area contributed by atoms with E-state index in [0.29, 0.717) is 5.92 Å². The molecule has 2 aliphatic heterocycles. The third-order valence-corrected chi connectivity index (χ3v) is 5.20. The third-order valence-electron chi connectivity index (χ3n) is 5.20. The number of pyridine rings is 1. The van der Waals surface area contributed by atoms with Gasteiger partial charge in [-0.1, -0.05) is 6.07 Å². The summed E-state index contributed by atoms with van der Waals surface area (Å²) in [5.74, 6) is 2.56. The lowest BCUT2D eigenvalue weighted by Gasteiger charge is -2.36. The molecule has 0 spiro atoms. The van der Waals surface area contributed by atoms with Crippen LogP contribution >= 0.6 is 0 Å². The van der Waals surface area contributed by atoms with Gasteiger partial charge in [0.1, 0.15) is 5.82 Å². The third kappa shape index (κ3) is 5.32. The zero-order valence-corrected chi connectivity index (χ0v) is 17.0. The Bertz CT molecular complexity index is 611. The van der Waals surface area contributed by atoms with E-state index in [1.165, 1.54) is 0 Å². The minimum Gasteiger partial charge on any atom is -0.384 e. The first-order valence-electron chi connectivity index (χ1n) is 9.89. The molecule has 3 rings (SSSR count). The zero-order chi connectivity index (χ0) is 19.2. The first-order valence-corrected chi connectivity index (χ1v) is 9.89. The molecule has 7 nitrogen and oxygen atoms in total. The Morgan fingerprint density at radius 3 is 2.70 bits per heavy atom. The molecule has 27 heavy (non-hydrogen) atoms. The lowest BCUT2D eigenvalue weighted by Crippen LogP contribution is -2.45. The van der Waals surface area contributed by atoms with Crippen molar-refractivity contribution in [2.45, 2.75) is 39.0 Å². The Kier molecular flexibility index (Phi) is 6.90. The molecule has 0 aliphatic carbocycles. The standard InChI is InChI=1S/C20H33N5O2/c1-15-11-25(12-16(2)27-15)19-6-5-17(9-22-19)10-23-20(21-3)24-8-7-18(13-24)14-26-4/h5-6,9,15-16,18H,7-8,10-14H2,1-4H3,(H,21,23). The van der Waals surface area contributed by atoms with E-state index >= 15 is 0 Å². The Morgan fingerprint density at radius 1 is 1.30 bits per heavy atom. The molecule has 1 N–H and O–H groups in total. The van der Waals surface area contributed by atoms with Crippen molar-refractivity contribution in [1.29, 1.82) is 0 Å². The van der Waals surface area contributed by atoms with Gasteiger partial charge in [0.15, 0.2) is 5.96 Å². The van der Waals surface area contributed by atoms with E-state index in [0.717, 1.165) is 63.1 Å². The number of likely N-dealkylation sites (tertiary alicyclic amines) is 1. The van der Waals surface area contributed by atoms with Gasteiger partial charge in [-0.05, 0) is 31.9 Å². The van der Waals surface area contributed by atoms with Crippen molar-refractivity contribution < 1.29 is 9.47 Å². The van der Waals surface area contributed by atoms with Crippen LogP contribution in [0, 0.1) is 5.92 Å². The molecule has 0 aromatic carbocycles. The van der Waals surface area contributed by atoms with Crippen LogP contribution in [0.4, 0.5) is 5.82 Å². The second kappa shape index (κ2) is 9.37. The molecule has 2 fully saturated rings. The maximum atomic E-state index is 5.81. The predicted molar refractivity (Wildman–Crippen MR) is 108 cm³/mol. The highest BCUT2D eigenvalue weighted by atomic mass is 16.5. The fourth-order valence-electron chi connectivity index (χ4n) is 3.98. The molecular weight excluding hydrogens is 342 g/mol. The van der Waals surface area contributed by atoms with Gasteiger partial charge in [-0.25, -0.2) is 4.98 Å². The highest BCUT2D eigenvalue weighted by Gasteiger charge is 2.25. The lowest BCUT2D eigenvalue weighted by atomic mass is 10.1. The maximum absolute atomic E-state index is 5.81. The van der Waals surface area contributed by atoms with Crippen LogP contribution < -0.4 is 10.2 Å². The predicted octanol–water partition coefficient (Wildman–Crippen LogP) is 1.74. The van der Waals surface area contributed by atoms with Crippen molar-refractivity contribution in [3.05, 3.63) is 23.9 Å². The minimum atomic E-state index is 0.239. The molecule has 3 heterocycles. The average molecular weight is 376 g/mol. The van der Waals surface area contributed by atoms with Gasteiger partial charge in [0.05, 0.1) is 18.8 Å². The van der Waals surface area contributed by atoms with Gasteiger partial charge in [0.2, 0.25) is 0 Å². The van der Waals surface area contributed by atoms with Crippen molar-refractivity contribution in [2.75, 3.05) is 51.8 Å². The molecule has 3 atom stereocenters. The number of ether oxygens (including phenoxy) is 2. The normalized spacial score (nSPS) is 26.5. The summed E-state index contributed by atoms with van der Waals surface area (Å²) in [4.78, 5) is 13.7. The van der Waals surface area contributed by atoms with E-state index in [-0.39, 0.29) is 12.2 Å². The largest absolute Gasteiger partial charge is 0.384 e. The summed E-state index contributed by atoms with van der Waals surface area (Å²) < 4.78 is 11.1. The summed E-state index contributed by atoms with van der Waals surface area (Å²) in [6.07, 6.45) is 3.59. The number of hydrogen-bond acceptors (Lipinski definition) is 5. The van der Waals surface area contributed by atoms with E-state index < -0.39 is 0 Å². The molecule has 2 aliphatic rings. The summed E-state index contributed by atoms with van der Waals surface area (Å²) in [6, 6.07) is 4.25.